The molecule has 1 aliphatic heterocycles. The normalized spacial score (nSPS) is 21.3. The molecule has 1 atom stereocenters. The first-order valence-corrected chi connectivity index (χ1v) is 11.5. The minimum absolute atomic E-state index is 0.0773. The molecule has 4 rings (SSSR count). The first kappa shape index (κ1) is 22.5. The second-order valence-corrected chi connectivity index (χ2v) is 10.3. The molecule has 0 radical (unpaired) electrons. The van der Waals surface area contributed by atoms with Gasteiger partial charge in [-0.2, -0.15) is 0 Å². The van der Waals surface area contributed by atoms with Gasteiger partial charge in [-0.3, -0.25) is 14.6 Å². The van der Waals surface area contributed by atoms with E-state index in [1.54, 1.807) is 6.20 Å². The highest BCUT2D eigenvalue weighted by molar-refractivity contribution is 5.88. The van der Waals surface area contributed by atoms with Crippen molar-refractivity contribution in [2.24, 2.45) is 5.41 Å². The molecule has 2 aromatic rings. The second kappa shape index (κ2) is 9.02. The summed E-state index contributed by atoms with van der Waals surface area (Å²) in [6.45, 7) is 7.32. The van der Waals surface area contributed by atoms with Gasteiger partial charge in [0.15, 0.2) is 5.60 Å². The van der Waals surface area contributed by atoms with E-state index in [4.69, 9.17) is 4.74 Å². The summed E-state index contributed by atoms with van der Waals surface area (Å²) < 4.78 is 6.20. The van der Waals surface area contributed by atoms with E-state index in [0.29, 0.717) is 26.0 Å². The first-order valence-electron chi connectivity index (χ1n) is 11.5. The molecule has 6 nitrogen and oxygen atoms in total. The monoisotopic (exact) mass is 435 g/mol. The third kappa shape index (κ3) is 5.54. The van der Waals surface area contributed by atoms with E-state index in [-0.39, 0.29) is 29.8 Å². The Balaban J connectivity index is 1.59. The third-order valence-corrected chi connectivity index (χ3v) is 5.96. The van der Waals surface area contributed by atoms with Crippen molar-refractivity contribution in [3.8, 4) is 11.1 Å². The zero-order chi connectivity index (χ0) is 22.8. The zero-order valence-corrected chi connectivity index (χ0v) is 19.3. The lowest BCUT2D eigenvalue weighted by molar-refractivity contribution is -0.166. The Morgan fingerprint density at radius 1 is 1.19 bits per heavy atom. The van der Waals surface area contributed by atoms with Gasteiger partial charge in [0.1, 0.15) is 0 Å². The molecule has 1 unspecified atom stereocenters. The molecule has 170 valence electrons. The fourth-order valence-corrected chi connectivity index (χ4v) is 4.16. The van der Waals surface area contributed by atoms with E-state index in [0.717, 1.165) is 29.5 Å². The maximum absolute atomic E-state index is 13.4. The number of nitrogens with zero attached hydrogens (tertiary/aromatic N) is 2. The van der Waals surface area contributed by atoms with Crippen LogP contribution in [0, 0.1) is 5.41 Å². The fourth-order valence-electron chi connectivity index (χ4n) is 4.16. The lowest BCUT2D eigenvalue weighted by Crippen LogP contribution is -2.62. The maximum Gasteiger partial charge on any atom is 0.254 e. The molecule has 2 heterocycles. The van der Waals surface area contributed by atoms with Crippen LogP contribution in [0.1, 0.15) is 45.6 Å². The van der Waals surface area contributed by atoms with Gasteiger partial charge in [-0.05, 0) is 41.0 Å². The topological polar surface area (TPSA) is 71.5 Å². The Bertz CT molecular complexity index is 966. The number of carbonyl (C=O) groups excluding carboxylic acids is 2. The van der Waals surface area contributed by atoms with Gasteiger partial charge in [-0.1, -0.05) is 51.1 Å². The molecule has 1 saturated heterocycles. The van der Waals surface area contributed by atoms with Gasteiger partial charge < -0.3 is 15.0 Å². The van der Waals surface area contributed by atoms with Crippen molar-refractivity contribution in [2.75, 3.05) is 19.7 Å². The Morgan fingerprint density at radius 3 is 2.66 bits per heavy atom. The standard InChI is InChI=1S/C26H33N3O3/c1-25(2,3)16-23(30)29-12-13-32-26(18-29,24(31)28-22-9-10-22)15-19-6-4-7-20(14-19)21-8-5-11-27-17-21/h4-8,11,14,17,22H,9-10,12-13,15-16,18H2,1-3H3,(H,28,31). The van der Waals surface area contributed by atoms with Crippen LogP contribution >= 0.6 is 0 Å². The largest absolute Gasteiger partial charge is 0.361 e. The number of rotatable bonds is 6. The van der Waals surface area contributed by atoms with Crippen LogP contribution < -0.4 is 5.32 Å². The Hall–Kier alpha value is -2.73. The summed E-state index contributed by atoms with van der Waals surface area (Å²) in [4.78, 5) is 32.4. The Labute approximate surface area is 190 Å². The number of nitrogens with one attached hydrogen (secondary N) is 1. The minimum Gasteiger partial charge on any atom is -0.361 e. The van der Waals surface area contributed by atoms with Gasteiger partial charge in [0.25, 0.3) is 5.91 Å². The van der Waals surface area contributed by atoms with Gasteiger partial charge in [-0.25, -0.2) is 0 Å². The van der Waals surface area contributed by atoms with Crippen LogP contribution in [0.25, 0.3) is 11.1 Å². The highest BCUT2D eigenvalue weighted by Crippen LogP contribution is 2.30. The number of hydrogen-bond donors (Lipinski definition) is 1. The van der Waals surface area contributed by atoms with Crippen molar-refractivity contribution in [3.05, 3.63) is 54.4 Å². The first-order chi connectivity index (χ1) is 15.2. The summed E-state index contributed by atoms with van der Waals surface area (Å²) >= 11 is 0. The molecule has 2 fully saturated rings. The Morgan fingerprint density at radius 2 is 1.97 bits per heavy atom. The molecule has 2 aliphatic rings. The molecule has 1 saturated carbocycles. The molecule has 0 spiro atoms. The number of hydrogen-bond acceptors (Lipinski definition) is 4. The van der Waals surface area contributed by atoms with Gasteiger partial charge in [0, 0.05) is 37.8 Å². The Kier molecular flexibility index (Phi) is 6.33. The summed E-state index contributed by atoms with van der Waals surface area (Å²) in [6.07, 6.45) is 6.46. The second-order valence-electron chi connectivity index (χ2n) is 10.3. The smallest absolute Gasteiger partial charge is 0.254 e. The average Bonchev–Trinajstić information content (AvgIpc) is 3.57. The number of amides is 2. The van der Waals surface area contributed by atoms with Crippen molar-refractivity contribution in [2.45, 2.75) is 58.1 Å². The van der Waals surface area contributed by atoms with Gasteiger partial charge in [0.2, 0.25) is 5.91 Å². The van der Waals surface area contributed by atoms with Crippen LogP contribution in [-0.4, -0.2) is 53.0 Å². The van der Waals surface area contributed by atoms with Crippen LogP contribution in [-0.2, 0) is 20.7 Å². The fraction of sp³-hybridized carbons (Fsp3) is 0.500. The van der Waals surface area contributed by atoms with Crippen LogP contribution in [0.4, 0.5) is 0 Å². The van der Waals surface area contributed by atoms with Crippen molar-refractivity contribution in [1.29, 1.82) is 0 Å². The molecule has 1 N–H and O–H groups in total. The van der Waals surface area contributed by atoms with Crippen molar-refractivity contribution >= 4 is 11.8 Å². The van der Waals surface area contributed by atoms with Crippen LogP contribution in [0.3, 0.4) is 0 Å². The number of morpholine rings is 1. The number of pyridine rings is 1. The average molecular weight is 436 g/mol. The highest BCUT2D eigenvalue weighted by atomic mass is 16.5. The molecule has 0 bridgehead atoms. The number of aromatic nitrogens is 1. The van der Waals surface area contributed by atoms with Gasteiger partial charge >= 0.3 is 0 Å². The lowest BCUT2D eigenvalue weighted by atomic mass is 9.88. The molecular weight excluding hydrogens is 402 g/mol. The van der Waals surface area contributed by atoms with Gasteiger partial charge in [-0.15, -0.1) is 0 Å². The van der Waals surface area contributed by atoms with E-state index in [1.165, 1.54) is 0 Å². The number of carbonyl (C=O) groups is 2. The predicted molar refractivity (Wildman–Crippen MR) is 124 cm³/mol. The van der Waals surface area contributed by atoms with Crippen LogP contribution in [0.2, 0.25) is 0 Å². The third-order valence-electron chi connectivity index (χ3n) is 5.96. The predicted octanol–water partition coefficient (Wildman–Crippen LogP) is 3.60. The lowest BCUT2D eigenvalue weighted by Gasteiger charge is -2.42. The summed E-state index contributed by atoms with van der Waals surface area (Å²) in [5.74, 6) is -0.0338. The summed E-state index contributed by atoms with van der Waals surface area (Å²) in [7, 11) is 0. The van der Waals surface area contributed by atoms with E-state index >= 15 is 0 Å². The minimum atomic E-state index is -1.08. The summed E-state index contributed by atoms with van der Waals surface area (Å²) in [5.41, 5.74) is 1.89. The van der Waals surface area contributed by atoms with Crippen LogP contribution in [0.15, 0.2) is 48.8 Å². The summed E-state index contributed by atoms with van der Waals surface area (Å²) in [6, 6.07) is 12.3. The van der Waals surface area contributed by atoms with E-state index < -0.39 is 5.60 Å². The van der Waals surface area contributed by atoms with E-state index in [2.05, 4.69) is 37.1 Å². The molecule has 1 aromatic carbocycles. The van der Waals surface area contributed by atoms with E-state index in [9.17, 15) is 9.59 Å². The summed E-state index contributed by atoms with van der Waals surface area (Å²) in [5, 5.41) is 3.13. The zero-order valence-electron chi connectivity index (χ0n) is 19.3. The highest BCUT2D eigenvalue weighted by Gasteiger charge is 2.46. The quantitative estimate of drug-likeness (QED) is 0.753. The molecule has 2 amide bonds. The van der Waals surface area contributed by atoms with E-state index in [1.807, 2.05) is 41.4 Å². The molecular formula is C26H33N3O3. The van der Waals surface area contributed by atoms with Crippen molar-refractivity contribution in [1.82, 2.24) is 15.2 Å². The molecule has 1 aliphatic carbocycles. The number of ether oxygens (including phenoxy) is 1. The maximum atomic E-state index is 13.4. The molecule has 32 heavy (non-hydrogen) atoms. The van der Waals surface area contributed by atoms with Gasteiger partial charge in [0.05, 0.1) is 13.2 Å². The van der Waals surface area contributed by atoms with Crippen LogP contribution in [0.5, 0.6) is 0 Å². The molecule has 1 aromatic heterocycles. The number of benzene rings is 1. The van der Waals surface area contributed by atoms with Crippen molar-refractivity contribution in [3.63, 3.8) is 0 Å². The SMILES string of the molecule is CC(C)(C)CC(=O)N1CCOC(Cc2cccc(-c3cccnc3)c2)(C(=O)NC2CC2)C1. The molecule has 6 heteroatoms. The van der Waals surface area contributed by atoms with Crippen molar-refractivity contribution < 1.29 is 14.3 Å².